The van der Waals surface area contributed by atoms with Gasteiger partial charge in [0.15, 0.2) is 0 Å². The Bertz CT molecular complexity index is 973. The van der Waals surface area contributed by atoms with Gasteiger partial charge in [0.2, 0.25) is 10.0 Å². The number of sulfonamides is 1. The molecule has 0 aliphatic carbocycles. The number of primary sulfonamides is 1. The Hall–Kier alpha value is -2.28. The molecule has 0 bridgehead atoms. The van der Waals surface area contributed by atoms with Crippen molar-refractivity contribution in [3.63, 3.8) is 0 Å². The van der Waals surface area contributed by atoms with Crippen molar-refractivity contribution in [2.45, 2.75) is 23.4 Å². The fourth-order valence-electron chi connectivity index (χ4n) is 2.28. The molecule has 2 aromatic rings. The lowest BCUT2D eigenvalue weighted by Gasteiger charge is -2.17. The second-order valence-corrected chi connectivity index (χ2v) is 7.08. The van der Waals surface area contributed by atoms with Crippen molar-refractivity contribution in [2.24, 2.45) is 5.14 Å². The first-order chi connectivity index (χ1) is 12.4. The highest BCUT2D eigenvalue weighted by molar-refractivity contribution is 7.89. The molecule has 0 saturated carbocycles. The fourth-order valence-corrected chi connectivity index (χ4v) is 3.07. The molecule has 0 atom stereocenters. The largest absolute Gasteiger partial charge is 0.416 e. The van der Waals surface area contributed by atoms with Gasteiger partial charge >= 0.3 is 18.5 Å². The molecule has 0 heterocycles. The third-order valence-electron chi connectivity index (χ3n) is 3.51. The maximum atomic E-state index is 12.9. The average molecular weight is 437 g/mol. The van der Waals surface area contributed by atoms with Gasteiger partial charge in [0.25, 0.3) is 0 Å². The molecule has 2 N–H and O–H groups in total. The number of hydrogen-bond acceptors (Lipinski definition) is 2. The van der Waals surface area contributed by atoms with Crippen molar-refractivity contribution in [3.05, 3.63) is 53.1 Å². The van der Waals surface area contributed by atoms with Gasteiger partial charge in [-0.15, -0.1) is 0 Å². The van der Waals surface area contributed by atoms with Crippen LogP contribution in [-0.2, 0) is 28.6 Å². The van der Waals surface area contributed by atoms with Gasteiger partial charge in [0, 0.05) is 5.56 Å². The van der Waals surface area contributed by atoms with Crippen LogP contribution < -0.4 is 5.14 Å². The molecule has 13 heteroatoms. The Labute approximate surface area is 151 Å². The molecule has 0 unspecified atom stereocenters. The van der Waals surface area contributed by atoms with Crippen LogP contribution in [0.5, 0.6) is 0 Å². The van der Waals surface area contributed by atoms with Gasteiger partial charge in [-0.1, -0.05) is 6.07 Å². The monoisotopic (exact) mass is 437 g/mol. The Morgan fingerprint density at radius 3 is 1.43 bits per heavy atom. The minimum Gasteiger partial charge on any atom is -0.225 e. The molecule has 0 spiro atoms. The Morgan fingerprint density at radius 1 is 0.643 bits per heavy atom. The predicted octanol–water partition coefficient (Wildman–Crippen LogP) is 5.06. The van der Waals surface area contributed by atoms with E-state index in [4.69, 9.17) is 5.14 Å². The lowest BCUT2D eigenvalue weighted by atomic mass is 9.98. The number of hydrogen-bond donors (Lipinski definition) is 1. The van der Waals surface area contributed by atoms with Gasteiger partial charge in [-0.25, -0.2) is 13.6 Å². The van der Waals surface area contributed by atoms with Gasteiger partial charge < -0.3 is 0 Å². The van der Waals surface area contributed by atoms with Crippen molar-refractivity contribution in [3.8, 4) is 11.1 Å². The summed E-state index contributed by atoms with van der Waals surface area (Å²) < 4.78 is 139. The van der Waals surface area contributed by atoms with E-state index in [9.17, 15) is 47.9 Å². The van der Waals surface area contributed by atoms with E-state index in [2.05, 4.69) is 0 Å². The van der Waals surface area contributed by atoms with E-state index in [1.165, 1.54) is 0 Å². The van der Waals surface area contributed by atoms with E-state index in [0.717, 1.165) is 0 Å². The Morgan fingerprint density at radius 2 is 1.07 bits per heavy atom. The maximum Gasteiger partial charge on any atom is 0.416 e. The zero-order valence-corrected chi connectivity index (χ0v) is 14.0. The summed E-state index contributed by atoms with van der Waals surface area (Å²) in [5.74, 6) is 0. The lowest BCUT2D eigenvalue weighted by molar-refractivity contribution is -0.143. The molecule has 0 aromatic heterocycles. The van der Waals surface area contributed by atoms with Crippen molar-refractivity contribution in [1.82, 2.24) is 0 Å². The van der Waals surface area contributed by atoms with Crippen LogP contribution in [0.2, 0.25) is 0 Å². The minimum absolute atomic E-state index is 0.0399. The van der Waals surface area contributed by atoms with Gasteiger partial charge in [-0.05, 0) is 35.9 Å². The third kappa shape index (κ3) is 4.76. The van der Waals surface area contributed by atoms with Crippen LogP contribution in [0.1, 0.15) is 16.7 Å². The quantitative estimate of drug-likeness (QED) is 0.668. The van der Waals surface area contributed by atoms with Gasteiger partial charge in [-0.3, -0.25) is 0 Å². The van der Waals surface area contributed by atoms with Crippen LogP contribution in [-0.4, -0.2) is 8.42 Å². The summed E-state index contributed by atoms with van der Waals surface area (Å²) in [5.41, 5.74) is -6.79. The normalized spacial score (nSPS) is 13.6. The summed E-state index contributed by atoms with van der Waals surface area (Å²) in [6, 6.07) is 0.969. The molecule has 0 aliphatic heterocycles. The molecule has 2 aromatic carbocycles. The molecule has 2 rings (SSSR count). The van der Waals surface area contributed by atoms with Gasteiger partial charge in [0.05, 0.1) is 21.6 Å². The summed E-state index contributed by atoms with van der Waals surface area (Å²) in [7, 11) is -4.92. The van der Waals surface area contributed by atoms with Crippen molar-refractivity contribution in [2.75, 3.05) is 0 Å². The maximum absolute atomic E-state index is 12.9. The smallest absolute Gasteiger partial charge is 0.225 e. The number of benzene rings is 2. The first-order valence-corrected chi connectivity index (χ1v) is 8.49. The lowest BCUT2D eigenvalue weighted by Crippen LogP contribution is -2.16. The zero-order chi connectivity index (χ0) is 21.7. The third-order valence-corrected chi connectivity index (χ3v) is 4.46. The van der Waals surface area contributed by atoms with Crippen molar-refractivity contribution < 1.29 is 47.9 Å². The van der Waals surface area contributed by atoms with Gasteiger partial charge in [-0.2, -0.15) is 39.5 Å². The Kier molecular flexibility index (Phi) is 5.23. The highest BCUT2D eigenvalue weighted by Crippen LogP contribution is 2.41. The number of nitrogens with two attached hydrogens (primary N) is 1. The number of rotatable bonds is 2. The summed E-state index contributed by atoms with van der Waals surface area (Å²) in [5, 5.41) is 4.82. The van der Waals surface area contributed by atoms with Crippen molar-refractivity contribution >= 4 is 10.0 Å². The van der Waals surface area contributed by atoms with E-state index < -0.39 is 61.3 Å². The molecule has 0 amide bonds. The average Bonchev–Trinajstić information content (AvgIpc) is 2.50. The summed E-state index contributed by atoms with van der Waals surface area (Å²) in [6.07, 6.45) is -15.5. The topological polar surface area (TPSA) is 60.2 Å². The molecule has 0 aliphatic rings. The molecule has 0 saturated heterocycles. The molecular formula is C15H8F9NO2S. The van der Waals surface area contributed by atoms with E-state index in [1.54, 1.807) is 0 Å². The van der Waals surface area contributed by atoms with Crippen LogP contribution in [0, 0.1) is 0 Å². The molecule has 154 valence electrons. The fraction of sp³-hybridized carbons (Fsp3) is 0.200. The van der Waals surface area contributed by atoms with Crippen molar-refractivity contribution in [1.29, 1.82) is 0 Å². The van der Waals surface area contributed by atoms with E-state index in [1.807, 2.05) is 0 Å². The second-order valence-electron chi connectivity index (χ2n) is 5.55. The number of halogens is 9. The highest BCUT2D eigenvalue weighted by Gasteiger charge is 2.38. The van der Waals surface area contributed by atoms with E-state index >= 15 is 0 Å². The molecule has 28 heavy (non-hydrogen) atoms. The summed E-state index contributed by atoms with van der Waals surface area (Å²) in [4.78, 5) is -1.27. The highest BCUT2D eigenvalue weighted by atomic mass is 32.2. The molecule has 0 radical (unpaired) electrons. The second kappa shape index (κ2) is 6.65. The minimum atomic E-state index is -5.23. The van der Waals surface area contributed by atoms with Crippen LogP contribution in [0.3, 0.4) is 0 Å². The van der Waals surface area contributed by atoms with Crippen LogP contribution >= 0.6 is 0 Å². The predicted molar refractivity (Wildman–Crippen MR) is 78.3 cm³/mol. The Balaban J connectivity index is 2.87. The van der Waals surface area contributed by atoms with E-state index in [0.29, 0.717) is 12.1 Å². The zero-order valence-electron chi connectivity index (χ0n) is 13.2. The van der Waals surface area contributed by atoms with Gasteiger partial charge in [0.1, 0.15) is 0 Å². The number of alkyl halides is 9. The van der Waals surface area contributed by atoms with E-state index in [-0.39, 0.29) is 24.3 Å². The first-order valence-electron chi connectivity index (χ1n) is 6.94. The first kappa shape index (κ1) is 22.0. The standard InChI is InChI=1S/C15H8F9NO2S/c16-13(17,18)8-1-2-11(12(6-8)28(25,26)27)7-3-9(14(19,20)21)5-10(4-7)15(22,23)24/h1-6H,(H2,25,26,27). The van der Waals surface area contributed by atoms with Crippen LogP contribution in [0.25, 0.3) is 11.1 Å². The molecule has 0 fully saturated rings. The van der Waals surface area contributed by atoms with Crippen LogP contribution in [0.15, 0.2) is 41.3 Å². The summed E-state index contributed by atoms with van der Waals surface area (Å²) in [6.45, 7) is 0. The summed E-state index contributed by atoms with van der Waals surface area (Å²) >= 11 is 0. The van der Waals surface area contributed by atoms with Crippen LogP contribution in [0.4, 0.5) is 39.5 Å². The molecule has 3 nitrogen and oxygen atoms in total. The molecular weight excluding hydrogens is 429 g/mol. The SMILES string of the molecule is NS(=O)(=O)c1cc(C(F)(F)F)ccc1-c1cc(C(F)(F)F)cc(C(F)(F)F)c1.